The molecule has 2 N–H and O–H groups in total. The molecular weight excluding hydrogens is 324 g/mol. The van der Waals surface area contributed by atoms with E-state index in [0.29, 0.717) is 19.3 Å². The van der Waals surface area contributed by atoms with Gasteiger partial charge < -0.3 is 10.2 Å². The molecule has 0 heterocycles. The number of carboxylic acids is 2. The SMILES string of the molecule is O=C(O)CC1(CC(=O)O)CCCC1OS(=O)(=O)c1ccccc1. The number of hydrogen-bond acceptors (Lipinski definition) is 5. The van der Waals surface area contributed by atoms with Crippen LogP contribution < -0.4 is 0 Å². The van der Waals surface area contributed by atoms with Crippen molar-refractivity contribution in [1.29, 1.82) is 0 Å². The van der Waals surface area contributed by atoms with Gasteiger partial charge in [-0.3, -0.25) is 13.8 Å². The maximum absolute atomic E-state index is 12.3. The van der Waals surface area contributed by atoms with Crippen LogP contribution in [-0.2, 0) is 23.9 Å². The zero-order valence-electron chi connectivity index (χ0n) is 12.3. The number of aliphatic carboxylic acids is 2. The number of rotatable bonds is 7. The highest BCUT2D eigenvalue weighted by Gasteiger charge is 2.48. The molecule has 0 spiro atoms. The highest BCUT2D eigenvalue weighted by Crippen LogP contribution is 2.47. The molecule has 0 saturated heterocycles. The molecule has 0 aliphatic heterocycles. The van der Waals surface area contributed by atoms with Crippen LogP contribution in [0.5, 0.6) is 0 Å². The second-order valence-electron chi connectivity index (χ2n) is 5.75. The predicted molar refractivity (Wildman–Crippen MR) is 79.3 cm³/mol. The molecule has 1 aliphatic rings. The summed E-state index contributed by atoms with van der Waals surface area (Å²) in [5.41, 5.74) is -1.21. The first-order valence-corrected chi connectivity index (χ1v) is 8.58. The van der Waals surface area contributed by atoms with Gasteiger partial charge in [-0.25, -0.2) is 0 Å². The Hall–Kier alpha value is -1.93. The second kappa shape index (κ2) is 6.67. The molecule has 1 aromatic rings. The van der Waals surface area contributed by atoms with Gasteiger partial charge in [-0.1, -0.05) is 24.6 Å². The molecule has 1 saturated carbocycles. The van der Waals surface area contributed by atoms with E-state index in [4.69, 9.17) is 14.4 Å². The van der Waals surface area contributed by atoms with Crippen LogP contribution in [0.2, 0.25) is 0 Å². The number of hydrogen-bond donors (Lipinski definition) is 2. The summed E-state index contributed by atoms with van der Waals surface area (Å²) in [4.78, 5) is 22.2. The molecule has 0 amide bonds. The Morgan fingerprint density at radius 1 is 1.13 bits per heavy atom. The van der Waals surface area contributed by atoms with Gasteiger partial charge in [-0.05, 0) is 25.0 Å². The van der Waals surface area contributed by atoms with Crippen molar-refractivity contribution in [2.45, 2.75) is 43.1 Å². The lowest BCUT2D eigenvalue weighted by Gasteiger charge is -2.32. The summed E-state index contributed by atoms with van der Waals surface area (Å²) in [6.07, 6.45) is -0.689. The molecule has 0 radical (unpaired) electrons. The van der Waals surface area contributed by atoms with Crippen molar-refractivity contribution in [2.24, 2.45) is 5.41 Å². The fourth-order valence-corrected chi connectivity index (χ4v) is 4.33. The summed E-state index contributed by atoms with van der Waals surface area (Å²) in [6.45, 7) is 0. The molecule has 1 atom stereocenters. The van der Waals surface area contributed by atoms with E-state index in [1.807, 2.05) is 0 Å². The third-order valence-electron chi connectivity index (χ3n) is 4.11. The van der Waals surface area contributed by atoms with Crippen LogP contribution in [0.1, 0.15) is 32.1 Å². The Balaban J connectivity index is 2.29. The lowest BCUT2D eigenvalue weighted by atomic mass is 9.78. The summed E-state index contributed by atoms with van der Waals surface area (Å²) in [5.74, 6) is -2.34. The maximum Gasteiger partial charge on any atom is 0.304 e. The van der Waals surface area contributed by atoms with E-state index in [1.165, 1.54) is 12.1 Å². The normalized spacial score (nSPS) is 20.3. The number of carboxylic acid groups (broad SMARTS) is 2. The monoisotopic (exact) mass is 342 g/mol. The smallest absolute Gasteiger partial charge is 0.304 e. The van der Waals surface area contributed by atoms with Crippen molar-refractivity contribution in [2.75, 3.05) is 0 Å². The van der Waals surface area contributed by atoms with E-state index in [-0.39, 0.29) is 4.90 Å². The summed E-state index contributed by atoms with van der Waals surface area (Å²) in [7, 11) is -4.07. The van der Waals surface area contributed by atoms with E-state index >= 15 is 0 Å². The summed E-state index contributed by atoms with van der Waals surface area (Å²) in [5, 5.41) is 18.2. The Bertz CT molecular complexity index is 665. The van der Waals surface area contributed by atoms with E-state index in [9.17, 15) is 18.0 Å². The molecule has 7 nitrogen and oxygen atoms in total. The standard InChI is InChI=1S/C15H18O7S/c16-13(17)9-15(10-14(18)19)8-4-7-12(15)22-23(20,21)11-5-2-1-3-6-11/h1-3,5-6,12H,4,7-10H2,(H,16,17)(H,18,19). The Kier molecular flexibility index (Phi) is 5.06. The van der Waals surface area contributed by atoms with Crippen LogP contribution in [0.3, 0.4) is 0 Å². The highest BCUT2D eigenvalue weighted by molar-refractivity contribution is 7.86. The lowest BCUT2D eigenvalue weighted by molar-refractivity contribution is -0.146. The van der Waals surface area contributed by atoms with E-state index in [1.54, 1.807) is 18.2 Å². The van der Waals surface area contributed by atoms with Crippen LogP contribution in [0, 0.1) is 5.41 Å². The Morgan fingerprint density at radius 3 is 2.22 bits per heavy atom. The summed E-state index contributed by atoms with van der Waals surface area (Å²) < 4.78 is 29.9. The van der Waals surface area contributed by atoms with Gasteiger partial charge in [0.15, 0.2) is 0 Å². The molecule has 2 rings (SSSR count). The van der Waals surface area contributed by atoms with Gasteiger partial charge in [0.1, 0.15) is 0 Å². The minimum atomic E-state index is -4.07. The van der Waals surface area contributed by atoms with E-state index < -0.39 is 46.4 Å². The first-order chi connectivity index (χ1) is 10.8. The van der Waals surface area contributed by atoms with Crippen molar-refractivity contribution in [3.63, 3.8) is 0 Å². The molecule has 1 fully saturated rings. The molecule has 1 unspecified atom stereocenters. The van der Waals surface area contributed by atoms with E-state index in [2.05, 4.69) is 0 Å². The molecule has 1 aliphatic carbocycles. The van der Waals surface area contributed by atoms with Gasteiger partial charge >= 0.3 is 11.9 Å². The predicted octanol–water partition coefficient (Wildman–Crippen LogP) is 1.88. The molecule has 126 valence electrons. The quantitative estimate of drug-likeness (QED) is 0.726. The first-order valence-electron chi connectivity index (χ1n) is 7.17. The largest absolute Gasteiger partial charge is 0.481 e. The molecule has 0 aromatic heterocycles. The van der Waals surface area contributed by atoms with Gasteiger partial charge in [0, 0.05) is 5.41 Å². The van der Waals surface area contributed by atoms with Crippen molar-refractivity contribution in [1.82, 2.24) is 0 Å². The van der Waals surface area contributed by atoms with Crippen molar-refractivity contribution >= 4 is 22.1 Å². The van der Waals surface area contributed by atoms with Gasteiger partial charge in [0.05, 0.1) is 23.8 Å². The number of carbonyl (C=O) groups is 2. The fourth-order valence-electron chi connectivity index (χ4n) is 3.12. The molecule has 0 bridgehead atoms. The van der Waals surface area contributed by atoms with Crippen LogP contribution in [0.4, 0.5) is 0 Å². The molecule has 8 heteroatoms. The maximum atomic E-state index is 12.3. The fraction of sp³-hybridized carbons (Fsp3) is 0.467. The third-order valence-corrected chi connectivity index (χ3v) is 5.44. The topological polar surface area (TPSA) is 118 Å². The van der Waals surface area contributed by atoms with Gasteiger partial charge in [0.25, 0.3) is 10.1 Å². The molecular formula is C15H18O7S. The zero-order chi connectivity index (χ0) is 17.1. The molecule has 23 heavy (non-hydrogen) atoms. The zero-order valence-corrected chi connectivity index (χ0v) is 13.2. The molecule has 1 aromatic carbocycles. The highest BCUT2D eigenvalue weighted by atomic mass is 32.2. The lowest BCUT2D eigenvalue weighted by Crippen LogP contribution is -2.38. The average Bonchev–Trinajstić information content (AvgIpc) is 2.80. The van der Waals surface area contributed by atoms with Gasteiger partial charge in [0.2, 0.25) is 0 Å². The second-order valence-corrected chi connectivity index (χ2v) is 7.32. The van der Waals surface area contributed by atoms with E-state index in [0.717, 1.165) is 0 Å². The van der Waals surface area contributed by atoms with Crippen LogP contribution in [0.15, 0.2) is 35.2 Å². The minimum absolute atomic E-state index is 0.0357. The van der Waals surface area contributed by atoms with Crippen LogP contribution >= 0.6 is 0 Å². The number of benzene rings is 1. The summed E-state index contributed by atoms with van der Waals surface area (Å²) in [6, 6.07) is 7.51. The van der Waals surface area contributed by atoms with Gasteiger partial charge in [-0.2, -0.15) is 8.42 Å². The van der Waals surface area contributed by atoms with Crippen LogP contribution in [-0.4, -0.2) is 36.7 Å². The Morgan fingerprint density at radius 2 is 1.70 bits per heavy atom. The van der Waals surface area contributed by atoms with Gasteiger partial charge in [-0.15, -0.1) is 0 Å². The van der Waals surface area contributed by atoms with Crippen molar-refractivity contribution < 1.29 is 32.4 Å². The van der Waals surface area contributed by atoms with Crippen molar-refractivity contribution in [3.05, 3.63) is 30.3 Å². The average molecular weight is 342 g/mol. The minimum Gasteiger partial charge on any atom is -0.481 e. The first kappa shape index (κ1) is 17.4. The Labute approximate surface area is 134 Å². The summed E-state index contributed by atoms with van der Waals surface area (Å²) >= 11 is 0. The van der Waals surface area contributed by atoms with Crippen LogP contribution in [0.25, 0.3) is 0 Å². The third kappa shape index (κ3) is 4.08. The van der Waals surface area contributed by atoms with Crippen molar-refractivity contribution in [3.8, 4) is 0 Å².